The molecular weight excluding hydrogens is 478 g/mol. The first-order valence-corrected chi connectivity index (χ1v) is 11.1. The van der Waals surface area contributed by atoms with Gasteiger partial charge in [0.2, 0.25) is 0 Å². The number of nitrogens with one attached hydrogen (secondary N) is 2. The van der Waals surface area contributed by atoms with Crippen LogP contribution in [0.25, 0.3) is 0 Å². The van der Waals surface area contributed by atoms with Crippen LogP contribution < -0.4 is 20.3 Å². The summed E-state index contributed by atoms with van der Waals surface area (Å²) in [6.07, 6.45) is 3.71. The number of amides is 1. The van der Waals surface area contributed by atoms with E-state index in [0.717, 1.165) is 31.7 Å². The minimum absolute atomic E-state index is 0.00354. The first-order valence-electron chi connectivity index (χ1n) is 11.1. The third-order valence-electron chi connectivity index (χ3n) is 5.58. The van der Waals surface area contributed by atoms with Gasteiger partial charge in [0.25, 0.3) is 0 Å². The van der Waals surface area contributed by atoms with Gasteiger partial charge in [0.1, 0.15) is 11.6 Å². The Hall–Kier alpha value is -4.29. The Bertz CT molecular complexity index is 1160. The number of nitrogens with zero attached hydrogens (tertiary/aromatic N) is 4. The van der Waals surface area contributed by atoms with Gasteiger partial charge < -0.3 is 29.4 Å². The molecule has 0 unspecified atom stereocenters. The summed E-state index contributed by atoms with van der Waals surface area (Å²) in [6, 6.07) is 9.14. The van der Waals surface area contributed by atoms with Gasteiger partial charge in [-0.1, -0.05) is 5.10 Å². The third-order valence-corrected chi connectivity index (χ3v) is 5.58. The lowest BCUT2D eigenvalue weighted by Gasteiger charge is -2.32. The average Bonchev–Trinajstić information content (AvgIpc) is 3.34. The number of alkyl halides is 2. The van der Waals surface area contributed by atoms with Crippen LogP contribution in [-0.4, -0.2) is 53.9 Å². The van der Waals surface area contributed by atoms with Crippen LogP contribution >= 0.6 is 0 Å². The van der Waals surface area contributed by atoms with E-state index in [2.05, 4.69) is 35.5 Å². The van der Waals surface area contributed by atoms with Crippen molar-refractivity contribution in [1.82, 2.24) is 15.2 Å². The molecule has 1 amide bonds. The van der Waals surface area contributed by atoms with Crippen molar-refractivity contribution in [2.45, 2.75) is 25.9 Å². The minimum atomic E-state index is -2.91. The first-order chi connectivity index (χ1) is 17.4. The lowest BCUT2D eigenvalue weighted by atomic mass is 9.93. The first kappa shape index (κ1) is 24.8. The van der Waals surface area contributed by atoms with E-state index in [-0.39, 0.29) is 23.6 Å². The van der Waals surface area contributed by atoms with Gasteiger partial charge in [0, 0.05) is 25.2 Å². The van der Waals surface area contributed by atoms with Crippen molar-refractivity contribution < 1.29 is 32.3 Å². The lowest BCUT2D eigenvalue weighted by molar-refractivity contribution is -0.141. The molecule has 36 heavy (non-hydrogen) atoms. The number of benzene rings is 1. The third kappa shape index (κ3) is 6.64. The molecule has 1 saturated heterocycles. The van der Waals surface area contributed by atoms with Gasteiger partial charge in [0.05, 0.1) is 19.0 Å². The fraction of sp³-hybridized carbons (Fsp3) is 0.348. The van der Waals surface area contributed by atoms with Gasteiger partial charge in [-0.2, -0.15) is 8.78 Å². The topological polar surface area (TPSA) is 132 Å². The van der Waals surface area contributed by atoms with Crippen molar-refractivity contribution in [1.29, 1.82) is 0 Å². The SMILES string of the molecule is COC(=O)CC1CCN(c2ccc(NC(=O)c3nnc(Nc4ccc(OC(F)F)cc4)o3)cn2)CC1. The van der Waals surface area contributed by atoms with Crippen LogP contribution in [-0.2, 0) is 9.53 Å². The van der Waals surface area contributed by atoms with Gasteiger partial charge in [-0.15, -0.1) is 5.10 Å². The highest BCUT2D eigenvalue weighted by atomic mass is 19.3. The van der Waals surface area contributed by atoms with Crippen molar-refractivity contribution in [2.75, 3.05) is 35.7 Å². The molecule has 1 fully saturated rings. The molecular formula is C23H24F2N6O5. The molecule has 1 aliphatic rings. The predicted octanol–water partition coefficient (Wildman–Crippen LogP) is 3.84. The quantitative estimate of drug-likeness (QED) is 0.416. The largest absolute Gasteiger partial charge is 0.469 e. The maximum absolute atomic E-state index is 12.5. The highest BCUT2D eigenvalue weighted by Crippen LogP contribution is 2.25. The standard InChI is InChI=1S/C23H24F2N6O5/c1-34-19(32)12-14-8-10-31(11-9-14)18-7-4-16(13-26-18)27-20(33)21-29-30-23(36-21)28-15-2-5-17(6-3-15)35-22(24)25/h2-7,13-14,22H,8-12H2,1H3,(H,27,33)(H,28,30). The number of anilines is 4. The number of carbonyl (C=O) groups excluding carboxylic acids is 2. The molecule has 0 atom stereocenters. The van der Waals surface area contributed by atoms with E-state index in [0.29, 0.717) is 23.7 Å². The second-order valence-electron chi connectivity index (χ2n) is 8.01. The Labute approximate surface area is 204 Å². The minimum Gasteiger partial charge on any atom is -0.469 e. The van der Waals surface area contributed by atoms with Crippen LogP contribution in [0, 0.1) is 5.92 Å². The number of pyridine rings is 1. The highest BCUT2D eigenvalue weighted by Gasteiger charge is 2.23. The van der Waals surface area contributed by atoms with Crippen LogP contribution in [0.1, 0.15) is 29.9 Å². The Morgan fingerprint density at radius 1 is 1.11 bits per heavy atom. The number of methoxy groups -OCH3 is 1. The Morgan fingerprint density at radius 3 is 2.47 bits per heavy atom. The van der Waals surface area contributed by atoms with Crippen molar-refractivity contribution in [3.8, 4) is 5.75 Å². The summed E-state index contributed by atoms with van der Waals surface area (Å²) in [5.74, 6) is 0.0102. The normalized spacial score (nSPS) is 13.9. The Morgan fingerprint density at radius 2 is 1.83 bits per heavy atom. The zero-order valence-electron chi connectivity index (χ0n) is 19.3. The van der Waals surface area contributed by atoms with Crippen molar-refractivity contribution in [3.05, 3.63) is 48.5 Å². The molecule has 0 bridgehead atoms. The number of halogens is 2. The van der Waals surface area contributed by atoms with Crippen molar-refractivity contribution in [2.24, 2.45) is 5.92 Å². The second kappa shape index (κ2) is 11.4. The molecule has 1 aliphatic heterocycles. The van der Waals surface area contributed by atoms with Gasteiger partial charge in [-0.3, -0.25) is 9.59 Å². The fourth-order valence-corrected chi connectivity index (χ4v) is 3.73. The zero-order valence-corrected chi connectivity index (χ0v) is 19.3. The number of aromatic nitrogens is 3. The van der Waals surface area contributed by atoms with Crippen LogP contribution in [0.4, 0.5) is 32.0 Å². The summed E-state index contributed by atoms with van der Waals surface area (Å²) >= 11 is 0. The van der Waals surface area contributed by atoms with Crippen LogP contribution in [0.15, 0.2) is 47.0 Å². The maximum Gasteiger partial charge on any atom is 0.387 e. The van der Waals surface area contributed by atoms with Gasteiger partial charge in [-0.25, -0.2) is 4.98 Å². The zero-order chi connectivity index (χ0) is 25.5. The summed E-state index contributed by atoms with van der Waals surface area (Å²) in [5, 5.41) is 12.9. The summed E-state index contributed by atoms with van der Waals surface area (Å²) < 4.78 is 38.8. The molecule has 1 aromatic carbocycles. The monoisotopic (exact) mass is 502 g/mol. The molecule has 3 heterocycles. The van der Waals surface area contributed by atoms with E-state index in [1.165, 1.54) is 37.6 Å². The van der Waals surface area contributed by atoms with Crippen LogP contribution in [0.3, 0.4) is 0 Å². The van der Waals surface area contributed by atoms with Crippen molar-refractivity contribution in [3.63, 3.8) is 0 Å². The number of carbonyl (C=O) groups is 2. The fourth-order valence-electron chi connectivity index (χ4n) is 3.73. The van der Waals surface area contributed by atoms with E-state index < -0.39 is 12.5 Å². The molecule has 0 spiro atoms. The van der Waals surface area contributed by atoms with Gasteiger partial charge >= 0.3 is 30.4 Å². The van der Waals surface area contributed by atoms with E-state index in [9.17, 15) is 18.4 Å². The van der Waals surface area contributed by atoms with Crippen LogP contribution in [0.2, 0.25) is 0 Å². The molecule has 3 aromatic rings. The number of esters is 1. The van der Waals surface area contributed by atoms with E-state index in [1.54, 1.807) is 12.1 Å². The maximum atomic E-state index is 12.5. The number of piperidine rings is 1. The van der Waals surface area contributed by atoms with Gasteiger partial charge in [-0.05, 0) is 55.2 Å². The molecule has 0 saturated carbocycles. The van der Waals surface area contributed by atoms with E-state index in [1.807, 2.05) is 0 Å². The Balaban J connectivity index is 1.28. The summed E-state index contributed by atoms with van der Waals surface area (Å²) in [4.78, 5) is 30.5. The predicted molar refractivity (Wildman–Crippen MR) is 124 cm³/mol. The Kier molecular flexibility index (Phi) is 7.88. The smallest absolute Gasteiger partial charge is 0.387 e. The lowest BCUT2D eigenvalue weighted by Crippen LogP contribution is -2.35. The molecule has 190 valence electrons. The number of hydrogen-bond acceptors (Lipinski definition) is 10. The van der Waals surface area contributed by atoms with E-state index in [4.69, 9.17) is 9.15 Å². The number of hydrogen-bond donors (Lipinski definition) is 2. The number of rotatable bonds is 9. The molecule has 0 radical (unpaired) electrons. The van der Waals surface area contributed by atoms with Crippen molar-refractivity contribution >= 4 is 35.1 Å². The molecule has 2 aromatic heterocycles. The summed E-state index contributed by atoms with van der Waals surface area (Å²) in [6.45, 7) is -1.36. The molecule has 2 N–H and O–H groups in total. The van der Waals surface area contributed by atoms with Crippen LogP contribution in [0.5, 0.6) is 5.75 Å². The molecule has 11 nitrogen and oxygen atoms in total. The van der Waals surface area contributed by atoms with Gasteiger partial charge in [0.15, 0.2) is 0 Å². The van der Waals surface area contributed by atoms with E-state index >= 15 is 0 Å². The number of ether oxygens (including phenoxy) is 2. The average molecular weight is 502 g/mol. The highest BCUT2D eigenvalue weighted by molar-refractivity contribution is 6.00. The molecule has 13 heteroatoms. The summed E-state index contributed by atoms with van der Waals surface area (Å²) in [7, 11) is 1.40. The molecule has 0 aliphatic carbocycles. The summed E-state index contributed by atoms with van der Waals surface area (Å²) in [5.41, 5.74) is 0.924. The second-order valence-corrected chi connectivity index (χ2v) is 8.01. The molecule has 4 rings (SSSR count).